The molecule has 0 heterocycles. The minimum absolute atomic E-state index is 0.0745. The molecule has 0 radical (unpaired) electrons. The Balaban J connectivity index is 1.72. The van der Waals surface area contributed by atoms with E-state index in [1.165, 1.54) is 0 Å². The molecule has 3 unspecified atom stereocenters. The summed E-state index contributed by atoms with van der Waals surface area (Å²) in [5, 5.41) is 0. The monoisotopic (exact) mass is 366 g/mol. The van der Waals surface area contributed by atoms with Crippen molar-refractivity contribution in [1.29, 1.82) is 0 Å². The minimum atomic E-state index is -4.19. The van der Waals surface area contributed by atoms with Crippen molar-refractivity contribution in [2.75, 3.05) is 13.2 Å². The first-order valence-electron chi connectivity index (χ1n) is 8.00. The van der Waals surface area contributed by atoms with E-state index >= 15 is 0 Å². The third-order valence-electron chi connectivity index (χ3n) is 3.09. The molecule has 0 aliphatic carbocycles. The summed E-state index contributed by atoms with van der Waals surface area (Å²) in [6.45, 7) is 3.44. The summed E-state index contributed by atoms with van der Waals surface area (Å²) in [5.74, 6) is 1.33. The Morgan fingerprint density at radius 3 is 2.04 bits per heavy atom. The van der Waals surface area contributed by atoms with E-state index in [4.69, 9.17) is 18.5 Å². The Kier molecular flexibility index (Phi) is 7.47. The first kappa shape index (κ1) is 19.5. The quantitative estimate of drug-likeness (QED) is 0.640. The van der Waals surface area contributed by atoms with Gasteiger partial charge < -0.3 is 14.4 Å². The number of hydrogen-bond donors (Lipinski definition) is 1. The summed E-state index contributed by atoms with van der Waals surface area (Å²) >= 11 is 0. The molecule has 0 fully saturated rings. The maximum Gasteiger partial charge on any atom is 0.472 e. The van der Waals surface area contributed by atoms with Crippen LogP contribution in [0.3, 0.4) is 0 Å². The average Bonchev–Trinajstić information content (AvgIpc) is 2.60. The van der Waals surface area contributed by atoms with Gasteiger partial charge in [-0.25, -0.2) is 4.57 Å². The summed E-state index contributed by atoms with van der Waals surface area (Å²) in [6.07, 6.45) is -1.01. The van der Waals surface area contributed by atoms with Gasteiger partial charge in [-0.3, -0.25) is 9.05 Å². The van der Waals surface area contributed by atoms with E-state index in [9.17, 15) is 9.46 Å². The zero-order chi connectivity index (χ0) is 18.1. The minimum Gasteiger partial charge on any atom is -0.491 e. The highest BCUT2D eigenvalue weighted by atomic mass is 31.2. The van der Waals surface area contributed by atoms with Gasteiger partial charge in [0.2, 0.25) is 0 Å². The number of benzene rings is 2. The van der Waals surface area contributed by atoms with Gasteiger partial charge in [-0.2, -0.15) is 0 Å². The van der Waals surface area contributed by atoms with Gasteiger partial charge in [-0.1, -0.05) is 36.4 Å². The molecule has 0 aliphatic heterocycles. The highest BCUT2D eigenvalue weighted by Crippen LogP contribution is 2.44. The molecule has 2 aromatic carbocycles. The van der Waals surface area contributed by atoms with E-state index in [-0.39, 0.29) is 13.2 Å². The van der Waals surface area contributed by atoms with E-state index in [0.717, 1.165) is 0 Å². The fraction of sp³-hybridized carbons (Fsp3) is 0.333. The van der Waals surface area contributed by atoms with Gasteiger partial charge in [0.25, 0.3) is 0 Å². The van der Waals surface area contributed by atoms with E-state index < -0.39 is 20.0 Å². The topological polar surface area (TPSA) is 74.2 Å². The fourth-order valence-electron chi connectivity index (χ4n) is 1.98. The van der Waals surface area contributed by atoms with Gasteiger partial charge in [-0.05, 0) is 38.1 Å². The smallest absolute Gasteiger partial charge is 0.472 e. The van der Waals surface area contributed by atoms with E-state index in [1.807, 2.05) is 36.4 Å². The van der Waals surface area contributed by atoms with Crippen molar-refractivity contribution in [2.24, 2.45) is 0 Å². The van der Waals surface area contributed by atoms with Crippen LogP contribution >= 0.6 is 7.82 Å². The van der Waals surface area contributed by atoms with Crippen LogP contribution in [0.15, 0.2) is 60.7 Å². The summed E-state index contributed by atoms with van der Waals surface area (Å²) < 4.78 is 33.1. The molecular formula is C18H23O6P. The van der Waals surface area contributed by atoms with Crippen LogP contribution in [0.25, 0.3) is 0 Å². The predicted molar refractivity (Wildman–Crippen MR) is 94.8 cm³/mol. The average molecular weight is 366 g/mol. The zero-order valence-corrected chi connectivity index (χ0v) is 15.2. The fourth-order valence-corrected chi connectivity index (χ4v) is 2.96. The van der Waals surface area contributed by atoms with Crippen LogP contribution in [0.5, 0.6) is 11.5 Å². The van der Waals surface area contributed by atoms with Crippen LogP contribution in [0.1, 0.15) is 13.8 Å². The zero-order valence-electron chi connectivity index (χ0n) is 14.3. The van der Waals surface area contributed by atoms with Crippen molar-refractivity contribution < 1.29 is 28.0 Å². The number of phosphoric acid groups is 1. The van der Waals surface area contributed by atoms with Crippen molar-refractivity contribution in [1.82, 2.24) is 0 Å². The molecule has 0 saturated heterocycles. The van der Waals surface area contributed by atoms with E-state index in [2.05, 4.69) is 0 Å². The molecule has 0 spiro atoms. The SMILES string of the molecule is CC(COP(=O)(O)OC(C)COc1ccccc1)Oc1ccccc1. The van der Waals surface area contributed by atoms with Gasteiger partial charge >= 0.3 is 7.82 Å². The standard InChI is InChI=1S/C18H23O6P/c1-15(23-18-11-7-4-8-12-18)14-22-25(19,20)24-16(2)13-21-17-9-5-3-6-10-17/h3-12,15-16H,13-14H2,1-2H3,(H,19,20). The third-order valence-corrected chi connectivity index (χ3v) is 4.20. The molecular weight excluding hydrogens is 343 g/mol. The summed E-state index contributed by atoms with van der Waals surface area (Å²) in [6, 6.07) is 18.3. The number of rotatable bonds is 10. The predicted octanol–water partition coefficient (Wildman–Crippen LogP) is 4.06. The van der Waals surface area contributed by atoms with Gasteiger partial charge in [0, 0.05) is 0 Å². The van der Waals surface area contributed by atoms with Crippen LogP contribution in [-0.4, -0.2) is 30.3 Å². The van der Waals surface area contributed by atoms with Gasteiger partial charge in [0.15, 0.2) is 0 Å². The number of ether oxygens (including phenoxy) is 2. The Bertz CT molecular complexity index is 664. The maximum atomic E-state index is 12.0. The molecule has 0 saturated carbocycles. The van der Waals surface area contributed by atoms with Crippen molar-refractivity contribution in [3.05, 3.63) is 60.7 Å². The molecule has 2 rings (SSSR count). The number of hydrogen-bond acceptors (Lipinski definition) is 5. The lowest BCUT2D eigenvalue weighted by molar-refractivity contribution is 0.0610. The van der Waals surface area contributed by atoms with Crippen molar-refractivity contribution in [2.45, 2.75) is 26.1 Å². The summed E-state index contributed by atoms with van der Waals surface area (Å²) in [5.41, 5.74) is 0. The maximum absolute atomic E-state index is 12.0. The molecule has 3 atom stereocenters. The molecule has 0 aliphatic rings. The molecule has 25 heavy (non-hydrogen) atoms. The summed E-state index contributed by atoms with van der Waals surface area (Å²) in [7, 11) is -4.19. The van der Waals surface area contributed by atoms with Gasteiger partial charge in [0.1, 0.15) is 30.3 Å². The molecule has 6 nitrogen and oxygen atoms in total. The second-order valence-corrected chi connectivity index (χ2v) is 6.95. The van der Waals surface area contributed by atoms with Crippen LogP contribution in [0, 0.1) is 0 Å². The van der Waals surface area contributed by atoms with Crippen LogP contribution in [0.4, 0.5) is 0 Å². The van der Waals surface area contributed by atoms with Crippen molar-refractivity contribution in [3.8, 4) is 11.5 Å². The highest BCUT2D eigenvalue weighted by Gasteiger charge is 2.26. The van der Waals surface area contributed by atoms with E-state index in [0.29, 0.717) is 11.5 Å². The third kappa shape index (κ3) is 7.71. The second-order valence-electron chi connectivity index (χ2n) is 5.55. The summed E-state index contributed by atoms with van der Waals surface area (Å²) in [4.78, 5) is 9.80. The van der Waals surface area contributed by atoms with Crippen LogP contribution in [0.2, 0.25) is 0 Å². The van der Waals surface area contributed by atoms with Crippen LogP contribution in [-0.2, 0) is 13.6 Å². The lowest BCUT2D eigenvalue weighted by Crippen LogP contribution is -2.21. The molecule has 1 N–H and O–H groups in total. The molecule has 7 heteroatoms. The van der Waals surface area contributed by atoms with Gasteiger partial charge in [-0.15, -0.1) is 0 Å². The normalized spacial score (nSPS) is 15.8. The van der Waals surface area contributed by atoms with Crippen molar-refractivity contribution in [3.63, 3.8) is 0 Å². The molecule has 0 amide bonds. The largest absolute Gasteiger partial charge is 0.491 e. The van der Waals surface area contributed by atoms with E-state index in [1.54, 1.807) is 38.1 Å². The first-order chi connectivity index (χ1) is 11.9. The molecule has 0 bridgehead atoms. The highest BCUT2D eigenvalue weighted by molar-refractivity contribution is 7.47. The van der Waals surface area contributed by atoms with Crippen molar-refractivity contribution >= 4 is 7.82 Å². The second kappa shape index (κ2) is 9.59. The molecule has 136 valence electrons. The molecule has 0 aromatic heterocycles. The Morgan fingerprint density at radius 2 is 1.44 bits per heavy atom. The van der Waals surface area contributed by atoms with Gasteiger partial charge in [0.05, 0.1) is 6.61 Å². The lowest BCUT2D eigenvalue weighted by atomic mass is 10.3. The number of phosphoric ester groups is 1. The Labute approximate surface area is 147 Å². The lowest BCUT2D eigenvalue weighted by Gasteiger charge is -2.20. The Morgan fingerprint density at radius 1 is 0.880 bits per heavy atom. The Hall–Kier alpha value is -1.85. The van der Waals surface area contributed by atoms with Crippen LogP contribution < -0.4 is 9.47 Å². The number of para-hydroxylation sites is 2. The molecule has 2 aromatic rings. The first-order valence-corrected chi connectivity index (χ1v) is 9.49.